The van der Waals surface area contributed by atoms with E-state index in [2.05, 4.69) is 6.58 Å². The zero-order chi connectivity index (χ0) is 12.6. The van der Waals surface area contributed by atoms with E-state index in [0.717, 1.165) is 5.56 Å². The van der Waals surface area contributed by atoms with Crippen LogP contribution in [-0.2, 0) is 16.0 Å². The predicted molar refractivity (Wildman–Crippen MR) is 63.9 cm³/mol. The molecular formula is C13H13NO3. The Kier molecular flexibility index (Phi) is 2.71. The number of amides is 1. The van der Waals surface area contributed by atoms with Gasteiger partial charge in [-0.05, 0) is 18.6 Å². The van der Waals surface area contributed by atoms with Crippen LogP contribution >= 0.6 is 0 Å². The van der Waals surface area contributed by atoms with Gasteiger partial charge in [-0.25, -0.2) is 4.79 Å². The molecule has 88 valence electrons. The molecule has 2 rings (SSSR count). The fraction of sp³-hybridized carbons (Fsp3) is 0.231. The van der Waals surface area contributed by atoms with Crippen LogP contribution < -0.4 is 4.90 Å². The molecule has 0 spiro atoms. The van der Waals surface area contributed by atoms with Crippen LogP contribution in [0.1, 0.15) is 12.5 Å². The van der Waals surface area contributed by atoms with Crippen LogP contribution in [0.2, 0.25) is 0 Å². The summed E-state index contributed by atoms with van der Waals surface area (Å²) in [6.07, 6.45) is 0.352. The van der Waals surface area contributed by atoms with Crippen molar-refractivity contribution in [2.45, 2.75) is 19.4 Å². The fourth-order valence-electron chi connectivity index (χ4n) is 2.04. The van der Waals surface area contributed by atoms with Crippen LogP contribution in [0.4, 0.5) is 5.69 Å². The van der Waals surface area contributed by atoms with Gasteiger partial charge in [0.25, 0.3) is 5.91 Å². The lowest BCUT2D eigenvalue weighted by atomic mass is 10.1. The quantitative estimate of drug-likeness (QED) is 0.786. The smallest absolute Gasteiger partial charge is 0.327 e. The van der Waals surface area contributed by atoms with Gasteiger partial charge < -0.3 is 5.11 Å². The molecule has 0 radical (unpaired) electrons. The third kappa shape index (κ3) is 1.82. The normalized spacial score (nSPS) is 17.7. The molecule has 1 N–H and O–H groups in total. The summed E-state index contributed by atoms with van der Waals surface area (Å²) in [7, 11) is 0. The van der Waals surface area contributed by atoms with Crippen LogP contribution in [0.25, 0.3) is 0 Å². The molecule has 1 aliphatic heterocycles. The average Bonchev–Trinajstić information content (AvgIpc) is 2.67. The van der Waals surface area contributed by atoms with Crippen molar-refractivity contribution < 1.29 is 14.7 Å². The van der Waals surface area contributed by atoms with Crippen molar-refractivity contribution in [3.63, 3.8) is 0 Å². The van der Waals surface area contributed by atoms with Crippen molar-refractivity contribution in [2.24, 2.45) is 0 Å². The van der Waals surface area contributed by atoms with E-state index in [1.54, 1.807) is 19.1 Å². The molecule has 17 heavy (non-hydrogen) atoms. The molecule has 1 aromatic rings. The van der Waals surface area contributed by atoms with E-state index < -0.39 is 12.0 Å². The third-order valence-electron chi connectivity index (χ3n) is 2.85. The number of para-hydroxylation sites is 1. The number of hydrogen-bond acceptors (Lipinski definition) is 2. The third-order valence-corrected chi connectivity index (χ3v) is 2.85. The van der Waals surface area contributed by atoms with Crippen LogP contribution in [0.5, 0.6) is 0 Å². The minimum atomic E-state index is -0.990. The molecule has 0 aromatic heterocycles. The summed E-state index contributed by atoms with van der Waals surface area (Å²) in [6.45, 7) is 5.17. The molecule has 1 atom stereocenters. The number of carboxylic acids is 1. The highest BCUT2D eigenvalue weighted by Gasteiger charge is 2.38. The van der Waals surface area contributed by atoms with Gasteiger partial charge in [0.2, 0.25) is 0 Å². The Morgan fingerprint density at radius 3 is 2.65 bits per heavy atom. The maximum Gasteiger partial charge on any atom is 0.327 e. The van der Waals surface area contributed by atoms with E-state index >= 15 is 0 Å². The molecule has 4 heteroatoms. The fourth-order valence-corrected chi connectivity index (χ4v) is 2.04. The number of hydrogen-bond donors (Lipinski definition) is 1. The summed E-state index contributed by atoms with van der Waals surface area (Å²) >= 11 is 0. The molecule has 0 saturated heterocycles. The Balaban J connectivity index is 2.47. The Hall–Kier alpha value is -2.10. The van der Waals surface area contributed by atoms with Crippen molar-refractivity contribution in [3.05, 3.63) is 42.0 Å². The summed E-state index contributed by atoms with van der Waals surface area (Å²) in [5.41, 5.74) is 1.90. The lowest BCUT2D eigenvalue weighted by Gasteiger charge is -2.22. The minimum Gasteiger partial charge on any atom is -0.480 e. The van der Waals surface area contributed by atoms with Crippen LogP contribution in [0, 0.1) is 0 Å². The first-order valence-electron chi connectivity index (χ1n) is 5.32. The molecular weight excluding hydrogens is 218 g/mol. The summed E-state index contributed by atoms with van der Waals surface area (Å²) in [5.74, 6) is -1.32. The van der Waals surface area contributed by atoms with Gasteiger partial charge in [0.05, 0.1) is 0 Å². The monoisotopic (exact) mass is 231 g/mol. The van der Waals surface area contributed by atoms with Gasteiger partial charge in [-0.15, -0.1) is 0 Å². The van der Waals surface area contributed by atoms with Crippen molar-refractivity contribution in [1.82, 2.24) is 0 Å². The van der Waals surface area contributed by atoms with Gasteiger partial charge in [0.1, 0.15) is 6.04 Å². The molecule has 0 saturated carbocycles. The highest BCUT2D eigenvalue weighted by atomic mass is 16.4. The number of fused-ring (bicyclic) bond motifs is 1. The summed E-state index contributed by atoms with van der Waals surface area (Å²) in [4.78, 5) is 24.5. The first-order chi connectivity index (χ1) is 8.02. The number of rotatable bonds is 2. The SMILES string of the molecule is C=C(C)C(=O)N1c2ccccc2C[C@H]1C(=O)O. The zero-order valence-corrected chi connectivity index (χ0v) is 9.51. The van der Waals surface area contributed by atoms with Gasteiger partial charge in [0, 0.05) is 17.7 Å². The summed E-state index contributed by atoms with van der Waals surface area (Å²) in [6, 6.07) is 6.42. The Bertz CT molecular complexity index is 507. The number of anilines is 1. The molecule has 0 aliphatic carbocycles. The van der Waals surface area contributed by atoms with E-state index in [1.165, 1.54) is 4.90 Å². The molecule has 0 unspecified atom stereocenters. The first kappa shape index (κ1) is 11.4. The molecule has 4 nitrogen and oxygen atoms in total. The second kappa shape index (κ2) is 4.05. The minimum absolute atomic E-state index is 0.331. The number of carbonyl (C=O) groups is 2. The maximum absolute atomic E-state index is 12.0. The molecule has 1 aliphatic rings. The molecule has 0 fully saturated rings. The molecule has 0 bridgehead atoms. The Morgan fingerprint density at radius 2 is 2.06 bits per heavy atom. The van der Waals surface area contributed by atoms with E-state index in [4.69, 9.17) is 5.11 Å². The number of nitrogens with zero attached hydrogens (tertiary/aromatic N) is 1. The van der Waals surface area contributed by atoms with Crippen LogP contribution in [0.15, 0.2) is 36.4 Å². The van der Waals surface area contributed by atoms with E-state index in [0.29, 0.717) is 17.7 Å². The van der Waals surface area contributed by atoms with Gasteiger partial charge >= 0.3 is 5.97 Å². The largest absolute Gasteiger partial charge is 0.480 e. The topological polar surface area (TPSA) is 57.6 Å². The van der Waals surface area contributed by atoms with Gasteiger partial charge in [-0.2, -0.15) is 0 Å². The number of carbonyl (C=O) groups excluding carboxylic acids is 1. The number of benzene rings is 1. The van der Waals surface area contributed by atoms with Crippen molar-refractivity contribution in [2.75, 3.05) is 4.90 Å². The number of aliphatic carboxylic acids is 1. The van der Waals surface area contributed by atoms with Crippen LogP contribution in [-0.4, -0.2) is 23.0 Å². The van der Waals surface area contributed by atoms with E-state index in [-0.39, 0.29) is 5.91 Å². The second-order valence-electron chi connectivity index (χ2n) is 4.14. The van der Waals surface area contributed by atoms with E-state index in [9.17, 15) is 9.59 Å². The lowest BCUT2D eigenvalue weighted by molar-refractivity contribution is -0.139. The summed E-state index contributed by atoms with van der Waals surface area (Å²) in [5, 5.41) is 9.16. The van der Waals surface area contributed by atoms with Gasteiger partial charge in [-0.3, -0.25) is 9.69 Å². The van der Waals surface area contributed by atoms with Crippen molar-refractivity contribution in [1.29, 1.82) is 0 Å². The summed E-state index contributed by atoms with van der Waals surface area (Å²) < 4.78 is 0. The predicted octanol–water partition coefficient (Wildman–Crippen LogP) is 1.60. The second-order valence-corrected chi connectivity index (χ2v) is 4.14. The standard InChI is InChI=1S/C13H13NO3/c1-8(2)12(15)14-10-6-4-3-5-9(10)7-11(14)13(16)17/h3-6,11H,1,7H2,2H3,(H,16,17)/t11-/m0/s1. The lowest BCUT2D eigenvalue weighted by Crippen LogP contribution is -2.43. The Labute approximate surface area is 99.2 Å². The van der Waals surface area contributed by atoms with Crippen molar-refractivity contribution >= 4 is 17.6 Å². The molecule has 1 aromatic carbocycles. The highest BCUT2D eigenvalue weighted by Crippen LogP contribution is 2.32. The Morgan fingerprint density at radius 1 is 1.41 bits per heavy atom. The number of carboxylic acid groups (broad SMARTS) is 1. The molecule has 1 amide bonds. The zero-order valence-electron chi connectivity index (χ0n) is 9.51. The van der Waals surface area contributed by atoms with Crippen molar-refractivity contribution in [3.8, 4) is 0 Å². The van der Waals surface area contributed by atoms with Gasteiger partial charge in [0.15, 0.2) is 0 Å². The average molecular weight is 231 g/mol. The highest BCUT2D eigenvalue weighted by molar-refractivity contribution is 6.09. The maximum atomic E-state index is 12.0. The van der Waals surface area contributed by atoms with Gasteiger partial charge in [-0.1, -0.05) is 24.8 Å². The van der Waals surface area contributed by atoms with E-state index in [1.807, 2.05) is 12.1 Å². The first-order valence-corrected chi connectivity index (χ1v) is 5.32. The molecule has 1 heterocycles. The van der Waals surface area contributed by atoms with Crippen LogP contribution in [0.3, 0.4) is 0 Å².